The van der Waals surface area contributed by atoms with Gasteiger partial charge in [-0.1, -0.05) is 6.07 Å². The van der Waals surface area contributed by atoms with Crippen LogP contribution in [0.4, 0.5) is 35.0 Å². The van der Waals surface area contributed by atoms with Crippen molar-refractivity contribution in [1.82, 2.24) is 53.5 Å². The summed E-state index contributed by atoms with van der Waals surface area (Å²) in [5, 5.41) is 10.1. The number of carbonyl (C=O) groups is 3. The maximum absolute atomic E-state index is 13.8. The molecule has 3 aliphatic carbocycles. The fraction of sp³-hybridized carbons (Fsp3) is 0.356. The lowest BCUT2D eigenvalue weighted by molar-refractivity contribution is -0.120. The van der Waals surface area contributed by atoms with E-state index in [9.17, 15) is 31.9 Å². The predicted molar refractivity (Wildman–Crippen MR) is 307 cm³/mol. The van der Waals surface area contributed by atoms with Crippen LogP contribution in [0.25, 0.3) is 66.5 Å². The molecule has 3 fully saturated rings. The van der Waals surface area contributed by atoms with Crippen LogP contribution < -0.4 is 44.4 Å². The van der Waals surface area contributed by atoms with Gasteiger partial charge in [-0.2, -0.15) is 0 Å². The van der Waals surface area contributed by atoms with Crippen LogP contribution in [0.1, 0.15) is 19.3 Å². The Morgan fingerprint density at radius 2 is 0.942 bits per heavy atom. The van der Waals surface area contributed by atoms with Crippen LogP contribution in [0.2, 0.25) is 0 Å². The lowest BCUT2D eigenvalue weighted by Gasteiger charge is -2.17. The summed E-state index contributed by atoms with van der Waals surface area (Å²) < 4.78 is 97.7. The molecular formula is C59H58F4N14O9. The maximum Gasteiger partial charge on any atom is 0.260 e. The van der Waals surface area contributed by atoms with Gasteiger partial charge in [-0.05, 0) is 75.0 Å². The maximum atomic E-state index is 13.8. The molecule has 3 N–H and O–H groups in total. The topological polar surface area (TPSA) is 251 Å². The molecule has 3 aliphatic rings. The number of rotatable bonds is 23. The second-order valence-corrected chi connectivity index (χ2v) is 21.7. The number of aryl methyl sites for hydroxylation is 3. The summed E-state index contributed by atoms with van der Waals surface area (Å²) >= 11 is 0. The summed E-state index contributed by atoms with van der Waals surface area (Å²) in [5.74, 6) is -8.19. The Kier molecular flexibility index (Phi) is 14.8. The highest BCUT2D eigenvalue weighted by atomic mass is 19.3. The van der Waals surface area contributed by atoms with E-state index in [1.807, 2.05) is 56.0 Å². The average molecular weight is 1180 g/mol. The van der Waals surface area contributed by atoms with Crippen LogP contribution in [0.3, 0.4) is 0 Å². The van der Waals surface area contributed by atoms with E-state index >= 15 is 0 Å². The number of benzene rings is 1. The normalized spacial score (nSPS) is 18.0. The fourth-order valence-electron chi connectivity index (χ4n) is 10.8. The van der Waals surface area contributed by atoms with E-state index in [-0.39, 0.29) is 73.4 Å². The van der Waals surface area contributed by atoms with E-state index in [2.05, 4.69) is 55.7 Å². The van der Waals surface area contributed by atoms with E-state index < -0.39 is 48.3 Å². The smallest absolute Gasteiger partial charge is 0.260 e. The van der Waals surface area contributed by atoms with E-state index in [0.29, 0.717) is 73.1 Å². The number of ether oxygens (including phenoxy) is 6. The zero-order chi connectivity index (χ0) is 60.3. The van der Waals surface area contributed by atoms with Gasteiger partial charge in [0.25, 0.3) is 11.8 Å². The Hall–Kier alpha value is -9.66. The van der Waals surface area contributed by atoms with Crippen molar-refractivity contribution in [3.8, 4) is 68.8 Å². The molecule has 27 heteroatoms. The third kappa shape index (κ3) is 11.2. The van der Waals surface area contributed by atoms with Gasteiger partial charge in [-0.3, -0.25) is 14.4 Å². The summed E-state index contributed by atoms with van der Waals surface area (Å²) in [4.78, 5) is 71.4. The molecule has 4 atom stereocenters. The molecule has 23 nitrogen and oxygen atoms in total. The summed E-state index contributed by atoms with van der Waals surface area (Å²) in [6.45, 7) is 0.627. The molecule has 0 bridgehead atoms. The van der Waals surface area contributed by atoms with Crippen LogP contribution in [0.5, 0.6) is 35.0 Å². The van der Waals surface area contributed by atoms with Crippen molar-refractivity contribution in [2.75, 3.05) is 77.2 Å². The molecule has 8 aromatic heterocycles. The van der Waals surface area contributed by atoms with Gasteiger partial charge in [0.1, 0.15) is 91.0 Å². The average Bonchev–Trinajstić information content (AvgIpc) is 2.74. The Balaban J connectivity index is 0.787. The van der Waals surface area contributed by atoms with Crippen molar-refractivity contribution < 1.29 is 60.4 Å². The third-order valence-electron chi connectivity index (χ3n) is 15.5. The number of anilines is 3. The van der Waals surface area contributed by atoms with Crippen molar-refractivity contribution in [1.29, 1.82) is 0 Å². The lowest BCUT2D eigenvalue weighted by atomic mass is 10.1. The first-order chi connectivity index (χ1) is 41.3. The number of pyridine rings is 3. The molecule has 0 spiro atoms. The monoisotopic (exact) mass is 1180 g/mol. The van der Waals surface area contributed by atoms with E-state index in [1.165, 1.54) is 32.2 Å². The predicted octanol–water partition coefficient (Wildman–Crippen LogP) is 8.18. The van der Waals surface area contributed by atoms with Gasteiger partial charge in [-0.25, -0.2) is 52.4 Å². The van der Waals surface area contributed by atoms with Crippen LogP contribution in [0, 0.1) is 23.7 Å². The highest BCUT2D eigenvalue weighted by Gasteiger charge is 2.62. The minimum atomic E-state index is -3.07. The first kappa shape index (κ1) is 56.8. The molecular weight excluding hydrogens is 1120 g/mol. The summed E-state index contributed by atoms with van der Waals surface area (Å²) in [6, 6.07) is 16.0. The SMILES string of the molecule is COc1cccc(OCCOc2ncnc(OCCOc3ncnc(OC)c3-c3cc4cc(NC(=O)[C@H]5CC5(F)F)ncc4n3C)c2-c2cc3cc(NC(=O)[C@@H]4CC4(F)F)ncc3n2C)c1-c1cc2cc(NC(=O)[C@H]3C[C@@H]3CN(C)C)ncc2n1C. The van der Waals surface area contributed by atoms with Gasteiger partial charge in [0.05, 0.1) is 72.0 Å². The van der Waals surface area contributed by atoms with Gasteiger partial charge in [0.15, 0.2) is 0 Å². The molecule has 0 unspecified atom stereocenters. The molecule has 3 saturated carbocycles. The second-order valence-electron chi connectivity index (χ2n) is 21.7. The van der Waals surface area contributed by atoms with Crippen molar-refractivity contribution >= 4 is 67.9 Å². The van der Waals surface area contributed by atoms with Crippen molar-refractivity contribution in [2.45, 2.75) is 31.1 Å². The van der Waals surface area contributed by atoms with Crippen molar-refractivity contribution in [3.05, 3.63) is 85.8 Å². The lowest BCUT2D eigenvalue weighted by Crippen LogP contribution is -2.20. The zero-order valence-electron chi connectivity index (χ0n) is 47.7. The Bertz CT molecular complexity index is 4150. The molecule has 0 saturated heterocycles. The molecule has 9 aromatic rings. The number of carbonyl (C=O) groups excluding carboxylic acids is 3. The summed E-state index contributed by atoms with van der Waals surface area (Å²) in [5.41, 5.74) is 5.21. The molecule has 0 aliphatic heterocycles. The molecule has 1 aromatic carbocycles. The number of amides is 3. The number of hydrogen-bond acceptors (Lipinski definition) is 17. The quantitative estimate of drug-likeness (QED) is 0.0403. The Labute approximate surface area is 488 Å². The van der Waals surface area contributed by atoms with Crippen LogP contribution in [-0.4, -0.2) is 144 Å². The van der Waals surface area contributed by atoms with Gasteiger partial charge < -0.3 is 63.0 Å². The number of aromatic nitrogens is 10. The molecule has 8 heterocycles. The number of hydrogen-bond donors (Lipinski definition) is 3. The standard InChI is InChI=1S/C59H58F4N14O9/c1-74(2)27-33-15-34(33)51(78)71-45-19-30-16-37(75(3)40(30)24-64-45)48-43(81-6)9-8-10-44(48)83-11-12-84-56-50(39-18-32-21-47(66-26-42(32)77(39)5)73-53(80)36-23-59(36,62)63)57(70-29-69-56)86-14-13-85-55-49(54(82-7)67-28-68-55)38-17-31-20-46(65-25-41(31)76(38)4)72-52(79)35-22-58(35,60)61/h8-10,16-21,24-26,28-29,33-36H,11-15,22-23,27H2,1-7H3,(H,64,71,78)(H,65,72,79)(H,66,73,80)/t33-,34+,35-,36+/m1/s1. The van der Waals surface area contributed by atoms with Crippen LogP contribution in [-0.2, 0) is 35.5 Å². The third-order valence-corrected chi connectivity index (χ3v) is 15.5. The first-order valence-corrected chi connectivity index (χ1v) is 27.4. The number of nitrogens with zero attached hydrogens (tertiary/aromatic N) is 11. The van der Waals surface area contributed by atoms with E-state index in [4.69, 9.17) is 28.4 Å². The first-order valence-electron chi connectivity index (χ1n) is 27.4. The number of methoxy groups -OCH3 is 2. The minimum absolute atomic E-state index is 0.0189. The van der Waals surface area contributed by atoms with E-state index in [1.54, 1.807) is 60.8 Å². The van der Waals surface area contributed by atoms with Gasteiger partial charge in [-0.15, -0.1) is 0 Å². The molecule has 12 rings (SSSR count). The molecule has 86 heavy (non-hydrogen) atoms. The Morgan fingerprint density at radius 1 is 0.547 bits per heavy atom. The van der Waals surface area contributed by atoms with E-state index in [0.717, 1.165) is 29.6 Å². The fourth-order valence-corrected chi connectivity index (χ4v) is 10.8. The molecule has 3 amide bonds. The highest BCUT2D eigenvalue weighted by molar-refractivity contribution is 5.99. The largest absolute Gasteiger partial charge is 0.496 e. The summed E-state index contributed by atoms with van der Waals surface area (Å²) in [6.07, 6.45) is 7.08. The van der Waals surface area contributed by atoms with Crippen molar-refractivity contribution in [2.24, 2.45) is 44.8 Å². The number of halogens is 4. The van der Waals surface area contributed by atoms with Crippen molar-refractivity contribution in [3.63, 3.8) is 0 Å². The van der Waals surface area contributed by atoms with Gasteiger partial charge in [0.2, 0.25) is 41.2 Å². The number of nitrogens with one attached hydrogen (secondary N) is 3. The number of fused-ring (bicyclic) bond motifs is 3. The molecule has 446 valence electrons. The zero-order valence-corrected chi connectivity index (χ0v) is 47.7. The van der Waals surface area contributed by atoms with Crippen LogP contribution in [0.15, 0.2) is 85.8 Å². The second kappa shape index (κ2) is 22.4. The summed E-state index contributed by atoms with van der Waals surface area (Å²) in [7, 11) is 12.5. The van der Waals surface area contributed by atoms with Gasteiger partial charge in [0, 0.05) is 62.6 Å². The minimum Gasteiger partial charge on any atom is -0.496 e. The Morgan fingerprint density at radius 3 is 1.36 bits per heavy atom. The van der Waals surface area contributed by atoms with Crippen LogP contribution >= 0.6 is 0 Å². The highest BCUT2D eigenvalue weighted by Crippen LogP contribution is 2.50. The number of alkyl halides is 4. The molecule has 0 radical (unpaired) electrons. The van der Waals surface area contributed by atoms with Gasteiger partial charge >= 0.3 is 0 Å².